The van der Waals surface area contributed by atoms with Crippen molar-refractivity contribution in [3.63, 3.8) is 0 Å². The monoisotopic (exact) mass is 973 g/mol. The van der Waals surface area contributed by atoms with Crippen molar-refractivity contribution in [2.24, 2.45) is 0 Å². The van der Waals surface area contributed by atoms with Crippen LogP contribution in [0.5, 0.6) is 0 Å². The quantitative estimate of drug-likeness (QED) is 0.0345. The van der Waals surface area contributed by atoms with E-state index in [9.17, 15) is 9.59 Å². The molecule has 0 amide bonds. The Morgan fingerprint density at radius 2 is 0.643 bits per heavy atom. The number of rotatable bonds is 54. The van der Waals surface area contributed by atoms with Gasteiger partial charge in [0.25, 0.3) is 0 Å². The number of hydrogen-bond acceptors (Lipinski definition) is 5. The Labute approximate surface area is 434 Å². The predicted molar refractivity (Wildman–Crippen MR) is 306 cm³/mol. The van der Waals surface area contributed by atoms with E-state index < -0.39 is 6.10 Å². The molecule has 0 saturated carbocycles. The third-order valence-electron chi connectivity index (χ3n) is 12.6. The summed E-state index contributed by atoms with van der Waals surface area (Å²) in [6, 6.07) is 0. The molecule has 0 radical (unpaired) electrons. The van der Waals surface area contributed by atoms with E-state index in [0.29, 0.717) is 19.4 Å². The van der Waals surface area contributed by atoms with Crippen LogP contribution in [0.4, 0.5) is 0 Å². The number of hydrogen-bond donors (Lipinski definition) is 0. The fraction of sp³-hybridized carbons (Fsp3) is 0.723. The molecule has 0 aliphatic heterocycles. The summed E-state index contributed by atoms with van der Waals surface area (Å²) in [4.78, 5) is 25.6. The second-order valence-electron chi connectivity index (χ2n) is 19.5. The Morgan fingerprint density at radius 3 is 1.07 bits per heavy atom. The highest BCUT2D eigenvalue weighted by atomic mass is 16.6. The minimum absolute atomic E-state index is 0.0600. The van der Waals surface area contributed by atoms with Gasteiger partial charge in [-0.15, -0.1) is 0 Å². The van der Waals surface area contributed by atoms with Crippen LogP contribution in [0.1, 0.15) is 278 Å². The first-order valence-electron chi connectivity index (χ1n) is 29.8. The van der Waals surface area contributed by atoms with E-state index in [-0.39, 0.29) is 25.2 Å². The average molecular weight is 974 g/mol. The maximum Gasteiger partial charge on any atom is 0.306 e. The van der Waals surface area contributed by atoms with E-state index in [1.54, 1.807) is 0 Å². The molecule has 0 rings (SSSR count). The van der Waals surface area contributed by atoms with Gasteiger partial charge < -0.3 is 14.2 Å². The van der Waals surface area contributed by atoms with Gasteiger partial charge in [0.05, 0.1) is 6.61 Å². The van der Waals surface area contributed by atoms with Gasteiger partial charge in [0.1, 0.15) is 6.61 Å². The Balaban J connectivity index is 4.37. The smallest absolute Gasteiger partial charge is 0.306 e. The molecule has 70 heavy (non-hydrogen) atoms. The second kappa shape index (κ2) is 60.1. The third kappa shape index (κ3) is 57.4. The number of allylic oxidation sites excluding steroid dienone is 16. The lowest BCUT2D eigenvalue weighted by molar-refractivity contribution is -0.163. The summed E-state index contributed by atoms with van der Waals surface area (Å²) >= 11 is 0. The molecule has 1 atom stereocenters. The highest BCUT2D eigenvalue weighted by molar-refractivity contribution is 5.70. The fourth-order valence-electron chi connectivity index (χ4n) is 8.15. The largest absolute Gasteiger partial charge is 0.462 e. The van der Waals surface area contributed by atoms with Crippen LogP contribution in [0.25, 0.3) is 0 Å². The summed E-state index contributed by atoms with van der Waals surface area (Å²) in [6.07, 6.45) is 81.5. The minimum Gasteiger partial charge on any atom is -0.462 e. The zero-order chi connectivity index (χ0) is 50.6. The van der Waals surface area contributed by atoms with Crippen LogP contribution in [-0.2, 0) is 23.8 Å². The first-order valence-corrected chi connectivity index (χ1v) is 29.8. The molecule has 0 N–H and O–H groups in total. The van der Waals surface area contributed by atoms with E-state index >= 15 is 0 Å². The molecule has 0 aliphatic carbocycles. The number of carbonyl (C=O) groups excluding carboxylic acids is 2. The molecule has 5 heteroatoms. The van der Waals surface area contributed by atoms with Gasteiger partial charge in [-0.1, -0.05) is 240 Å². The topological polar surface area (TPSA) is 61.8 Å². The van der Waals surface area contributed by atoms with Crippen molar-refractivity contribution in [2.45, 2.75) is 284 Å². The summed E-state index contributed by atoms with van der Waals surface area (Å²) in [5.41, 5.74) is 0. The lowest BCUT2D eigenvalue weighted by atomic mass is 10.1. The van der Waals surface area contributed by atoms with Gasteiger partial charge in [0.2, 0.25) is 0 Å². The van der Waals surface area contributed by atoms with Crippen molar-refractivity contribution < 1.29 is 23.8 Å². The lowest BCUT2D eigenvalue weighted by Gasteiger charge is -2.18. The molecule has 0 aromatic carbocycles. The van der Waals surface area contributed by atoms with Crippen LogP contribution >= 0.6 is 0 Å². The Kier molecular flexibility index (Phi) is 57.4. The van der Waals surface area contributed by atoms with Crippen LogP contribution < -0.4 is 0 Å². The molecule has 0 aromatic rings. The third-order valence-corrected chi connectivity index (χ3v) is 12.6. The number of esters is 2. The Hall–Kier alpha value is -3.18. The lowest BCUT2D eigenvalue weighted by Crippen LogP contribution is -2.30. The van der Waals surface area contributed by atoms with Crippen molar-refractivity contribution in [3.8, 4) is 0 Å². The van der Waals surface area contributed by atoms with Crippen molar-refractivity contribution in [2.75, 3.05) is 19.8 Å². The number of ether oxygens (including phenoxy) is 3. The van der Waals surface area contributed by atoms with Gasteiger partial charge in [-0.05, 0) is 122 Å². The van der Waals surface area contributed by atoms with Crippen LogP contribution in [0.15, 0.2) is 97.2 Å². The molecular formula is C65H112O5. The molecule has 5 nitrogen and oxygen atoms in total. The standard InChI is InChI=1S/C65H112O5/c1-4-7-10-13-16-19-22-25-28-31-33-35-37-40-43-46-49-52-55-58-64(66)69-62-63(61-68-60-57-54-51-48-45-42-39-36-32-29-26-23-20-17-14-11-8-5-2)70-65(67)59-56-53-50-47-44-41-38-34-30-27-24-21-18-15-12-9-6-3/h8,11,17-18,20-21,25-30,36,39,45,48,63H,4-7,9-10,12-16,19,22-24,31-35,37-38,40-44,46-47,49-62H2,1-3H3/b11-8-,20-17-,21-18-,28-25-,29-26-,30-27-,39-36-,48-45-. The molecule has 0 spiro atoms. The van der Waals surface area contributed by atoms with E-state index in [0.717, 1.165) is 89.9 Å². The van der Waals surface area contributed by atoms with Crippen molar-refractivity contribution in [3.05, 3.63) is 97.2 Å². The van der Waals surface area contributed by atoms with Gasteiger partial charge >= 0.3 is 11.9 Å². The summed E-state index contributed by atoms with van der Waals surface area (Å²) < 4.78 is 17.4. The summed E-state index contributed by atoms with van der Waals surface area (Å²) in [7, 11) is 0. The van der Waals surface area contributed by atoms with E-state index in [1.807, 2.05) is 0 Å². The van der Waals surface area contributed by atoms with E-state index in [2.05, 4.69) is 118 Å². The maximum absolute atomic E-state index is 12.9. The van der Waals surface area contributed by atoms with Crippen molar-refractivity contribution in [1.29, 1.82) is 0 Å². The fourth-order valence-corrected chi connectivity index (χ4v) is 8.15. The first-order chi connectivity index (χ1) is 34.6. The molecule has 0 saturated heterocycles. The molecule has 0 aromatic heterocycles. The van der Waals surface area contributed by atoms with Gasteiger partial charge in [-0.3, -0.25) is 9.59 Å². The molecule has 402 valence electrons. The van der Waals surface area contributed by atoms with E-state index in [4.69, 9.17) is 14.2 Å². The zero-order valence-electron chi connectivity index (χ0n) is 46.3. The Bertz CT molecular complexity index is 1330. The molecule has 0 bridgehead atoms. The van der Waals surface area contributed by atoms with Gasteiger partial charge in [-0.25, -0.2) is 0 Å². The molecular weight excluding hydrogens is 861 g/mol. The average Bonchev–Trinajstić information content (AvgIpc) is 3.36. The highest BCUT2D eigenvalue weighted by Crippen LogP contribution is 2.15. The van der Waals surface area contributed by atoms with Crippen LogP contribution in [0.2, 0.25) is 0 Å². The highest BCUT2D eigenvalue weighted by Gasteiger charge is 2.17. The first kappa shape index (κ1) is 66.8. The van der Waals surface area contributed by atoms with Crippen molar-refractivity contribution in [1.82, 2.24) is 0 Å². The number of unbranched alkanes of at least 4 members (excludes halogenated alkanes) is 27. The van der Waals surface area contributed by atoms with Gasteiger partial charge in [0, 0.05) is 19.4 Å². The molecule has 0 heterocycles. The maximum atomic E-state index is 12.9. The second-order valence-corrected chi connectivity index (χ2v) is 19.5. The Morgan fingerprint density at radius 1 is 0.329 bits per heavy atom. The van der Waals surface area contributed by atoms with Crippen LogP contribution in [-0.4, -0.2) is 37.9 Å². The zero-order valence-corrected chi connectivity index (χ0v) is 46.3. The van der Waals surface area contributed by atoms with Gasteiger partial charge in [-0.2, -0.15) is 0 Å². The molecule has 1 unspecified atom stereocenters. The van der Waals surface area contributed by atoms with Gasteiger partial charge in [0.15, 0.2) is 6.10 Å². The van der Waals surface area contributed by atoms with Crippen molar-refractivity contribution >= 4 is 11.9 Å². The SMILES string of the molecule is CC/C=C\C/C=C\C/C=C\C/C=C\C/C=C\CCCCOCC(COC(=O)CCCCCCCCCCC/C=C\CCCCCCCC)OC(=O)CCCCCCCCC/C=C\C/C=C\CCCCC. The predicted octanol–water partition coefficient (Wildman–Crippen LogP) is 20.6. The summed E-state index contributed by atoms with van der Waals surface area (Å²) in [5, 5.41) is 0. The van der Waals surface area contributed by atoms with E-state index in [1.165, 1.54) is 154 Å². The summed E-state index contributed by atoms with van der Waals surface area (Å²) in [6.45, 7) is 7.60. The summed E-state index contributed by atoms with van der Waals surface area (Å²) in [5.74, 6) is -0.429. The van der Waals surface area contributed by atoms with Crippen LogP contribution in [0.3, 0.4) is 0 Å². The molecule has 0 aliphatic rings. The molecule has 0 fully saturated rings. The minimum atomic E-state index is -0.570. The number of carbonyl (C=O) groups is 2. The van der Waals surface area contributed by atoms with Crippen LogP contribution in [0, 0.1) is 0 Å². The normalized spacial score (nSPS) is 12.9.